The zero-order valence-corrected chi connectivity index (χ0v) is 13.9. The molecule has 1 heterocycles. The van der Waals surface area contributed by atoms with Gasteiger partial charge in [0.2, 0.25) is 11.8 Å². The minimum Gasteiger partial charge on any atom is -0.349 e. The molecule has 3 unspecified atom stereocenters. The number of piperidine rings is 1. The van der Waals surface area contributed by atoms with Crippen LogP contribution in [0.3, 0.4) is 0 Å². The van der Waals surface area contributed by atoms with Gasteiger partial charge in [0, 0.05) is 0 Å². The normalized spacial score (nSPS) is 25.6. The summed E-state index contributed by atoms with van der Waals surface area (Å²) in [6.07, 6.45) is -2.78. The Morgan fingerprint density at radius 3 is 2.69 bits per heavy atom. The van der Waals surface area contributed by atoms with Crippen LogP contribution in [-0.2, 0) is 16.0 Å². The minimum absolute atomic E-state index is 0.139. The first kappa shape index (κ1) is 18.2. The summed E-state index contributed by atoms with van der Waals surface area (Å²) < 4.78 is 38.1. The molecule has 1 aliphatic heterocycles. The Morgan fingerprint density at radius 2 is 2.04 bits per heavy atom. The minimum atomic E-state index is -4.51. The van der Waals surface area contributed by atoms with Crippen molar-refractivity contribution in [2.75, 3.05) is 0 Å². The van der Waals surface area contributed by atoms with E-state index >= 15 is 0 Å². The van der Waals surface area contributed by atoms with Crippen molar-refractivity contribution in [2.24, 2.45) is 5.92 Å². The summed E-state index contributed by atoms with van der Waals surface area (Å²) in [6.45, 7) is 0. The maximum Gasteiger partial charge on any atom is 0.408 e. The monoisotopic (exact) mass is 365 g/mol. The van der Waals surface area contributed by atoms with Gasteiger partial charge in [-0.05, 0) is 49.3 Å². The number of nitriles is 1. The molecule has 8 heteroatoms. The summed E-state index contributed by atoms with van der Waals surface area (Å²) in [4.78, 5) is 24.4. The van der Waals surface area contributed by atoms with E-state index in [0.29, 0.717) is 12.0 Å². The summed E-state index contributed by atoms with van der Waals surface area (Å²) in [5, 5.41) is 13.9. The van der Waals surface area contributed by atoms with Crippen molar-refractivity contribution in [3.8, 4) is 6.07 Å². The number of rotatable bonds is 2. The number of carbonyl (C=O) groups excluding carboxylic acids is 2. The highest BCUT2D eigenvalue weighted by molar-refractivity contribution is 6.01. The molecule has 3 atom stereocenters. The first-order valence-electron chi connectivity index (χ1n) is 8.50. The van der Waals surface area contributed by atoms with E-state index in [9.17, 15) is 28.0 Å². The fourth-order valence-electron chi connectivity index (χ4n) is 3.68. The van der Waals surface area contributed by atoms with Crippen LogP contribution in [0.5, 0.6) is 0 Å². The number of amides is 2. The predicted octanol–water partition coefficient (Wildman–Crippen LogP) is 2.51. The van der Waals surface area contributed by atoms with Crippen LogP contribution in [0.1, 0.15) is 48.4 Å². The second-order valence-electron chi connectivity index (χ2n) is 6.67. The second-order valence-corrected chi connectivity index (χ2v) is 6.67. The molecule has 0 radical (unpaired) electrons. The van der Waals surface area contributed by atoms with Crippen LogP contribution in [0.15, 0.2) is 18.2 Å². The van der Waals surface area contributed by atoms with Crippen LogP contribution >= 0.6 is 0 Å². The van der Waals surface area contributed by atoms with E-state index in [1.807, 2.05) is 11.4 Å². The Morgan fingerprint density at radius 1 is 1.27 bits per heavy atom. The summed E-state index contributed by atoms with van der Waals surface area (Å²) in [5.41, 5.74) is 2.29. The van der Waals surface area contributed by atoms with E-state index in [0.717, 1.165) is 24.0 Å². The molecular formula is C18H18F3N3O2. The van der Waals surface area contributed by atoms with Crippen LogP contribution in [0.4, 0.5) is 13.2 Å². The van der Waals surface area contributed by atoms with Gasteiger partial charge in [0.1, 0.15) is 12.0 Å². The number of nitrogens with zero attached hydrogens (tertiary/aromatic N) is 1. The molecule has 1 fully saturated rings. The highest BCUT2D eigenvalue weighted by atomic mass is 19.4. The van der Waals surface area contributed by atoms with Crippen LogP contribution in [0, 0.1) is 17.2 Å². The Balaban J connectivity index is 1.71. The lowest BCUT2D eigenvalue weighted by Gasteiger charge is -2.32. The third-order valence-electron chi connectivity index (χ3n) is 5.03. The van der Waals surface area contributed by atoms with Crippen LogP contribution in [0.2, 0.25) is 0 Å². The van der Waals surface area contributed by atoms with Crippen LogP contribution in [-0.4, -0.2) is 24.0 Å². The first-order valence-corrected chi connectivity index (χ1v) is 8.50. The van der Waals surface area contributed by atoms with Gasteiger partial charge in [-0.2, -0.15) is 18.4 Å². The molecule has 0 spiro atoms. The Labute approximate surface area is 148 Å². The van der Waals surface area contributed by atoms with Gasteiger partial charge < -0.3 is 10.6 Å². The van der Waals surface area contributed by atoms with Crippen molar-refractivity contribution in [1.82, 2.24) is 10.6 Å². The molecule has 5 nitrogen and oxygen atoms in total. The van der Waals surface area contributed by atoms with Gasteiger partial charge in [0.25, 0.3) is 0 Å². The quantitative estimate of drug-likeness (QED) is 0.790. The van der Waals surface area contributed by atoms with E-state index in [2.05, 4.69) is 11.4 Å². The average Bonchev–Trinajstić information content (AvgIpc) is 2.60. The standard InChI is InChI=1S/C18H18F3N3O2/c19-18(20,21)15-8-7-13(17(26)24-15)16(25)23-14-6-2-4-11-10(9-22)3-1-5-12(11)14/h1,3,5,13-15H,2,4,6-8H2,(H,23,25)(H,24,26). The molecular weight excluding hydrogens is 347 g/mol. The Hall–Kier alpha value is -2.56. The van der Waals surface area contributed by atoms with Gasteiger partial charge in [-0.25, -0.2) is 0 Å². The van der Waals surface area contributed by atoms with Crippen molar-refractivity contribution in [2.45, 2.75) is 50.4 Å². The molecule has 1 aromatic carbocycles. The predicted molar refractivity (Wildman–Crippen MR) is 85.7 cm³/mol. The molecule has 2 amide bonds. The number of benzene rings is 1. The van der Waals surface area contributed by atoms with Crippen LogP contribution < -0.4 is 10.6 Å². The molecule has 138 valence electrons. The SMILES string of the molecule is N#Cc1cccc2c1CCCC2NC(=O)C1CCC(C(F)(F)F)NC1=O. The molecule has 26 heavy (non-hydrogen) atoms. The van der Waals surface area contributed by atoms with Gasteiger partial charge in [0.15, 0.2) is 0 Å². The topological polar surface area (TPSA) is 82.0 Å². The number of hydrogen-bond acceptors (Lipinski definition) is 3. The van der Waals surface area contributed by atoms with E-state index in [-0.39, 0.29) is 18.9 Å². The van der Waals surface area contributed by atoms with Gasteiger partial charge in [-0.3, -0.25) is 9.59 Å². The molecule has 0 bridgehead atoms. The molecule has 0 aromatic heterocycles. The van der Waals surface area contributed by atoms with E-state index < -0.39 is 30.0 Å². The third-order valence-corrected chi connectivity index (χ3v) is 5.03. The number of hydrogen-bond donors (Lipinski definition) is 2. The molecule has 0 saturated carbocycles. The maximum atomic E-state index is 12.7. The summed E-state index contributed by atoms with van der Waals surface area (Å²) >= 11 is 0. The highest BCUT2D eigenvalue weighted by Gasteiger charge is 2.46. The fraction of sp³-hybridized carbons (Fsp3) is 0.500. The van der Waals surface area contributed by atoms with E-state index in [1.54, 1.807) is 12.1 Å². The van der Waals surface area contributed by atoms with Crippen molar-refractivity contribution in [3.63, 3.8) is 0 Å². The number of halogens is 3. The zero-order valence-electron chi connectivity index (χ0n) is 13.9. The summed E-state index contributed by atoms with van der Waals surface area (Å²) in [5.74, 6) is -2.58. The average molecular weight is 365 g/mol. The molecule has 1 aliphatic carbocycles. The number of nitrogens with one attached hydrogen (secondary N) is 2. The largest absolute Gasteiger partial charge is 0.408 e. The summed E-state index contributed by atoms with van der Waals surface area (Å²) in [6, 6.07) is 5.19. The van der Waals surface area contributed by atoms with Gasteiger partial charge in [-0.1, -0.05) is 12.1 Å². The Kier molecular flexibility index (Phi) is 4.90. The second kappa shape index (κ2) is 6.98. The molecule has 1 saturated heterocycles. The molecule has 2 aliphatic rings. The smallest absolute Gasteiger partial charge is 0.349 e. The lowest BCUT2D eigenvalue weighted by molar-refractivity contribution is -0.171. The Bertz CT molecular complexity index is 770. The first-order chi connectivity index (χ1) is 12.3. The highest BCUT2D eigenvalue weighted by Crippen LogP contribution is 2.33. The van der Waals surface area contributed by atoms with E-state index in [4.69, 9.17) is 0 Å². The zero-order chi connectivity index (χ0) is 18.9. The van der Waals surface area contributed by atoms with Crippen LogP contribution in [0.25, 0.3) is 0 Å². The van der Waals surface area contributed by atoms with Crippen molar-refractivity contribution >= 4 is 11.8 Å². The van der Waals surface area contributed by atoms with Crippen molar-refractivity contribution < 1.29 is 22.8 Å². The van der Waals surface area contributed by atoms with E-state index in [1.165, 1.54) is 0 Å². The molecule has 3 rings (SSSR count). The molecule has 1 aromatic rings. The maximum absolute atomic E-state index is 12.7. The van der Waals surface area contributed by atoms with Crippen molar-refractivity contribution in [1.29, 1.82) is 5.26 Å². The third kappa shape index (κ3) is 3.52. The fourth-order valence-corrected chi connectivity index (χ4v) is 3.68. The van der Waals surface area contributed by atoms with Gasteiger partial charge in [-0.15, -0.1) is 0 Å². The lowest BCUT2D eigenvalue weighted by Crippen LogP contribution is -2.54. The number of carbonyl (C=O) groups is 2. The lowest BCUT2D eigenvalue weighted by atomic mass is 9.84. The molecule has 2 N–H and O–H groups in total. The number of fused-ring (bicyclic) bond motifs is 1. The number of alkyl halides is 3. The van der Waals surface area contributed by atoms with Gasteiger partial charge in [0.05, 0.1) is 17.7 Å². The van der Waals surface area contributed by atoms with Crippen molar-refractivity contribution in [3.05, 3.63) is 34.9 Å². The van der Waals surface area contributed by atoms with Gasteiger partial charge >= 0.3 is 6.18 Å². The summed E-state index contributed by atoms with van der Waals surface area (Å²) in [7, 11) is 0.